The van der Waals surface area contributed by atoms with Gasteiger partial charge < -0.3 is 9.84 Å². The molecule has 2 atom stereocenters. The van der Waals surface area contributed by atoms with E-state index in [2.05, 4.69) is 27.0 Å². The number of carboxylic acids is 1. The molecule has 0 bridgehead atoms. The third kappa shape index (κ3) is 6.79. The van der Waals surface area contributed by atoms with E-state index >= 15 is 0 Å². The molecule has 0 aromatic carbocycles. The normalized spacial score (nSPS) is 23.7. The van der Waals surface area contributed by atoms with Crippen LogP contribution in [0.3, 0.4) is 0 Å². The minimum absolute atomic E-state index is 0.0932. The molecule has 0 radical (unpaired) electrons. The van der Waals surface area contributed by atoms with E-state index in [1.807, 2.05) is 6.92 Å². The Labute approximate surface area is 171 Å². The molecule has 0 amide bonds. The molecule has 0 aromatic heterocycles. The van der Waals surface area contributed by atoms with E-state index < -0.39 is 5.97 Å². The van der Waals surface area contributed by atoms with Crippen LogP contribution in [0.5, 0.6) is 0 Å². The first-order valence-electron chi connectivity index (χ1n) is 11.1. The first kappa shape index (κ1) is 24.5. The summed E-state index contributed by atoms with van der Waals surface area (Å²) >= 11 is 0. The van der Waals surface area contributed by atoms with Crippen molar-refractivity contribution in [2.45, 2.75) is 104 Å². The van der Waals surface area contributed by atoms with Crippen molar-refractivity contribution < 1.29 is 19.4 Å². The quantitative estimate of drug-likeness (QED) is 0.399. The Morgan fingerprint density at radius 3 is 2.11 bits per heavy atom. The number of carbonyl (C=O) groups excluding carboxylic acids is 1. The molecule has 0 heterocycles. The second kappa shape index (κ2) is 12.1. The summed E-state index contributed by atoms with van der Waals surface area (Å²) < 4.78 is 5.51. The van der Waals surface area contributed by atoms with Gasteiger partial charge in [-0.1, -0.05) is 59.6 Å². The zero-order valence-electron chi connectivity index (χ0n) is 18.2. The number of carbonyl (C=O) groups is 2. The maximum absolute atomic E-state index is 11.6. The monoisotopic (exact) mass is 392 g/mol. The molecule has 160 valence electrons. The maximum atomic E-state index is 11.6. The van der Waals surface area contributed by atoms with Crippen molar-refractivity contribution in [3.05, 3.63) is 24.3 Å². The fourth-order valence-electron chi connectivity index (χ4n) is 4.49. The average molecular weight is 393 g/mol. The summed E-state index contributed by atoms with van der Waals surface area (Å²) in [5, 5.41) is 8.93. The van der Waals surface area contributed by atoms with E-state index in [0.717, 1.165) is 44.9 Å². The van der Waals surface area contributed by atoms with Gasteiger partial charge in [0.1, 0.15) is 6.10 Å². The SMILES string of the molecule is C=C(C(=O)O)C1(CC)CCCCC1.C=C(CC)C(=O)OC1CCCCC1CC. The van der Waals surface area contributed by atoms with Crippen LogP contribution in [0.15, 0.2) is 24.3 Å². The fraction of sp³-hybridized carbons (Fsp3) is 0.750. The van der Waals surface area contributed by atoms with Gasteiger partial charge in [0.05, 0.1) is 0 Å². The third-order valence-corrected chi connectivity index (χ3v) is 6.72. The smallest absolute Gasteiger partial charge is 0.333 e. The van der Waals surface area contributed by atoms with Gasteiger partial charge in [-0.3, -0.25) is 0 Å². The Morgan fingerprint density at radius 1 is 1.00 bits per heavy atom. The molecule has 0 aliphatic heterocycles. The number of rotatable bonds is 7. The van der Waals surface area contributed by atoms with Gasteiger partial charge in [-0.25, -0.2) is 9.59 Å². The molecule has 0 aromatic rings. The van der Waals surface area contributed by atoms with Crippen molar-refractivity contribution >= 4 is 11.9 Å². The van der Waals surface area contributed by atoms with Gasteiger partial charge in [-0.05, 0) is 57.3 Å². The largest absolute Gasteiger partial charge is 0.478 e. The minimum atomic E-state index is -0.816. The number of esters is 1. The second-order valence-electron chi connectivity index (χ2n) is 8.33. The molecule has 0 spiro atoms. The molecule has 4 heteroatoms. The van der Waals surface area contributed by atoms with Gasteiger partial charge >= 0.3 is 11.9 Å². The van der Waals surface area contributed by atoms with E-state index in [0.29, 0.717) is 23.5 Å². The summed E-state index contributed by atoms with van der Waals surface area (Å²) in [5.41, 5.74) is 0.925. The average Bonchev–Trinajstić information content (AvgIpc) is 2.73. The number of hydrogen-bond acceptors (Lipinski definition) is 3. The molecule has 2 aliphatic rings. The number of aliphatic carboxylic acids is 1. The van der Waals surface area contributed by atoms with Gasteiger partial charge in [0.25, 0.3) is 0 Å². The summed E-state index contributed by atoms with van der Waals surface area (Å²) in [6.45, 7) is 13.6. The molecule has 2 rings (SSSR count). The highest BCUT2D eigenvalue weighted by Gasteiger charge is 2.36. The summed E-state index contributed by atoms with van der Waals surface area (Å²) in [4.78, 5) is 22.4. The molecule has 2 fully saturated rings. The molecule has 4 nitrogen and oxygen atoms in total. The molecule has 28 heavy (non-hydrogen) atoms. The van der Waals surface area contributed by atoms with Crippen LogP contribution in [0, 0.1) is 11.3 Å². The van der Waals surface area contributed by atoms with Crippen LogP contribution in [0.4, 0.5) is 0 Å². The lowest BCUT2D eigenvalue weighted by atomic mass is 9.68. The van der Waals surface area contributed by atoms with Crippen molar-refractivity contribution in [3.8, 4) is 0 Å². The van der Waals surface area contributed by atoms with Crippen LogP contribution in [0.2, 0.25) is 0 Å². The van der Waals surface area contributed by atoms with Gasteiger partial charge in [-0.15, -0.1) is 0 Å². The van der Waals surface area contributed by atoms with Crippen LogP contribution in [-0.2, 0) is 14.3 Å². The zero-order chi connectivity index (χ0) is 21.2. The van der Waals surface area contributed by atoms with E-state index in [9.17, 15) is 9.59 Å². The zero-order valence-corrected chi connectivity index (χ0v) is 18.2. The first-order valence-corrected chi connectivity index (χ1v) is 11.1. The third-order valence-electron chi connectivity index (χ3n) is 6.72. The summed E-state index contributed by atoms with van der Waals surface area (Å²) in [6.07, 6.45) is 13.1. The summed E-state index contributed by atoms with van der Waals surface area (Å²) in [7, 11) is 0. The molecular formula is C24H40O4. The lowest BCUT2D eigenvalue weighted by Gasteiger charge is -2.36. The highest BCUT2D eigenvalue weighted by molar-refractivity contribution is 5.88. The van der Waals surface area contributed by atoms with E-state index in [4.69, 9.17) is 9.84 Å². The Bertz CT molecular complexity index is 543. The fourth-order valence-corrected chi connectivity index (χ4v) is 4.49. The molecule has 0 saturated heterocycles. The van der Waals surface area contributed by atoms with Crippen molar-refractivity contribution in [2.24, 2.45) is 11.3 Å². The van der Waals surface area contributed by atoms with Gasteiger partial charge in [0, 0.05) is 16.6 Å². The predicted octanol–water partition coefficient (Wildman–Crippen LogP) is 6.45. The predicted molar refractivity (Wildman–Crippen MR) is 114 cm³/mol. The Kier molecular flexibility index (Phi) is 10.6. The first-order chi connectivity index (χ1) is 13.3. The second-order valence-corrected chi connectivity index (χ2v) is 8.33. The number of hydrogen-bond donors (Lipinski definition) is 1. The van der Waals surface area contributed by atoms with Crippen molar-refractivity contribution in [2.75, 3.05) is 0 Å². The Balaban J connectivity index is 0.000000283. The van der Waals surface area contributed by atoms with Crippen molar-refractivity contribution in [1.82, 2.24) is 0 Å². The van der Waals surface area contributed by atoms with E-state index in [1.165, 1.54) is 25.7 Å². The van der Waals surface area contributed by atoms with Crippen LogP contribution in [0.1, 0.15) is 97.8 Å². The van der Waals surface area contributed by atoms with Crippen molar-refractivity contribution in [1.29, 1.82) is 0 Å². The van der Waals surface area contributed by atoms with Crippen LogP contribution in [-0.4, -0.2) is 23.1 Å². The van der Waals surface area contributed by atoms with Crippen LogP contribution < -0.4 is 0 Å². The Hall–Kier alpha value is -1.58. The molecule has 2 saturated carbocycles. The van der Waals surface area contributed by atoms with Crippen LogP contribution in [0.25, 0.3) is 0 Å². The van der Waals surface area contributed by atoms with E-state index in [-0.39, 0.29) is 17.5 Å². The lowest BCUT2D eigenvalue weighted by Crippen LogP contribution is -2.30. The Morgan fingerprint density at radius 2 is 1.61 bits per heavy atom. The van der Waals surface area contributed by atoms with Crippen molar-refractivity contribution in [3.63, 3.8) is 0 Å². The topological polar surface area (TPSA) is 63.6 Å². The van der Waals surface area contributed by atoms with Gasteiger partial charge in [0.15, 0.2) is 0 Å². The molecule has 1 N–H and O–H groups in total. The standard InChI is InChI=1S/C13H22O2.C11H18O2/c1-4-10(3)13(14)15-12-9-7-6-8-11(12)5-2;1-3-11(9(2)10(12)13)7-5-4-6-8-11/h11-12H,3-9H2,1-2H3;2-8H2,1H3,(H,12,13). The number of ether oxygens (including phenoxy) is 1. The summed E-state index contributed by atoms with van der Waals surface area (Å²) in [6, 6.07) is 0. The summed E-state index contributed by atoms with van der Waals surface area (Å²) in [5.74, 6) is -0.445. The molecular weight excluding hydrogens is 352 g/mol. The van der Waals surface area contributed by atoms with Crippen LogP contribution >= 0.6 is 0 Å². The highest BCUT2D eigenvalue weighted by Crippen LogP contribution is 2.44. The van der Waals surface area contributed by atoms with E-state index in [1.54, 1.807) is 0 Å². The molecule has 2 unspecified atom stereocenters. The number of carboxylic acid groups (broad SMARTS) is 1. The van der Waals surface area contributed by atoms with Gasteiger partial charge in [-0.2, -0.15) is 0 Å². The maximum Gasteiger partial charge on any atom is 0.333 e. The minimum Gasteiger partial charge on any atom is -0.478 e. The van der Waals surface area contributed by atoms with Gasteiger partial charge in [0.2, 0.25) is 0 Å². The highest BCUT2D eigenvalue weighted by atomic mass is 16.5. The lowest BCUT2D eigenvalue weighted by molar-refractivity contribution is -0.149. The molecule has 2 aliphatic carbocycles.